The van der Waals surface area contributed by atoms with Crippen LogP contribution in [0.4, 0.5) is 0 Å². The maximum absolute atomic E-state index is 12.7. The first kappa shape index (κ1) is 54.2. The third-order valence-corrected chi connectivity index (χ3v) is 10.6. The van der Waals surface area contributed by atoms with Crippen molar-refractivity contribution in [2.75, 3.05) is 47.5 Å². The Morgan fingerprint density at radius 3 is 1.48 bits per heavy atom. The van der Waals surface area contributed by atoms with E-state index in [0.717, 1.165) is 77.0 Å². The fourth-order valence-electron chi connectivity index (χ4n) is 6.02. The molecule has 0 spiro atoms. The van der Waals surface area contributed by atoms with Crippen molar-refractivity contribution in [1.82, 2.24) is 0 Å². The summed E-state index contributed by atoms with van der Waals surface area (Å²) in [7, 11) is 1.15. The predicted octanol–water partition coefficient (Wildman–Crippen LogP) is 12.3. The van der Waals surface area contributed by atoms with Crippen molar-refractivity contribution in [3.05, 3.63) is 36.5 Å². The van der Waals surface area contributed by atoms with Crippen molar-refractivity contribution in [3.63, 3.8) is 0 Å². The van der Waals surface area contributed by atoms with Crippen molar-refractivity contribution < 1.29 is 42.1 Å². The van der Waals surface area contributed by atoms with E-state index in [2.05, 4.69) is 50.3 Å². The largest absolute Gasteiger partial charge is 0.756 e. The highest BCUT2D eigenvalue weighted by atomic mass is 31.2. The van der Waals surface area contributed by atoms with Crippen molar-refractivity contribution in [2.24, 2.45) is 0 Å². The minimum Gasteiger partial charge on any atom is -0.756 e. The molecular formula is C46H86NO8P. The lowest BCUT2D eigenvalue weighted by Crippen LogP contribution is -2.37. The molecule has 0 aliphatic rings. The zero-order valence-corrected chi connectivity index (χ0v) is 37.7. The lowest BCUT2D eigenvalue weighted by Gasteiger charge is -2.28. The highest BCUT2D eigenvalue weighted by Gasteiger charge is 2.21. The van der Waals surface area contributed by atoms with Crippen LogP contribution in [0.1, 0.15) is 194 Å². The Bertz CT molecular complexity index is 1050. The second-order valence-electron chi connectivity index (χ2n) is 16.4. The number of likely N-dealkylation sites (N-methyl/N-ethyl adjacent to an activating group) is 1. The van der Waals surface area contributed by atoms with Crippen LogP contribution in [-0.2, 0) is 32.7 Å². The lowest BCUT2D eigenvalue weighted by molar-refractivity contribution is -0.870. The Balaban J connectivity index is 4.34. The van der Waals surface area contributed by atoms with Crippen LogP contribution in [0.25, 0.3) is 0 Å². The summed E-state index contributed by atoms with van der Waals surface area (Å²) in [5.74, 6) is -0.854. The number of phosphoric ester groups is 1. The number of carbonyl (C=O) groups is 2. The number of esters is 2. The zero-order valence-electron chi connectivity index (χ0n) is 36.8. The Labute approximate surface area is 344 Å². The number of nitrogens with zero attached hydrogens (tertiary/aromatic N) is 1. The summed E-state index contributed by atoms with van der Waals surface area (Å²) in [4.78, 5) is 37.5. The Kier molecular flexibility index (Phi) is 37.5. The number of allylic oxidation sites excluding steroid dienone is 6. The number of carbonyl (C=O) groups excluding carboxylic acids is 2. The van der Waals surface area contributed by atoms with E-state index in [1.54, 1.807) is 0 Å². The maximum Gasteiger partial charge on any atom is 0.306 e. The molecular weight excluding hydrogens is 725 g/mol. The molecule has 0 aromatic rings. The van der Waals surface area contributed by atoms with Gasteiger partial charge in [-0.3, -0.25) is 14.2 Å². The molecule has 2 atom stereocenters. The van der Waals surface area contributed by atoms with E-state index in [4.69, 9.17) is 18.5 Å². The van der Waals surface area contributed by atoms with Gasteiger partial charge in [0.2, 0.25) is 0 Å². The second kappa shape index (κ2) is 38.7. The summed E-state index contributed by atoms with van der Waals surface area (Å²) in [6.45, 7) is 4.17. The standard InChI is InChI=1S/C46H86NO8P/c1-6-8-10-12-14-16-18-20-22-23-24-25-27-28-30-32-34-36-38-45(48)52-42-44(43-54-56(50,51)53-41-40-47(3,4)5)55-46(49)39-37-35-33-31-29-26-21-19-17-15-13-11-9-7-2/h13,15,19,21-23,44H,6-12,14,16-18,20,24-43H2,1-5H3/b15-13-,21-19-,23-22-. The first-order valence-electron chi connectivity index (χ1n) is 22.7. The quantitative estimate of drug-likeness (QED) is 0.0197. The molecule has 0 heterocycles. The summed E-state index contributed by atoms with van der Waals surface area (Å²) in [6, 6.07) is 0. The van der Waals surface area contributed by atoms with Gasteiger partial charge in [-0.25, -0.2) is 0 Å². The van der Waals surface area contributed by atoms with Crippen molar-refractivity contribution in [1.29, 1.82) is 0 Å². The summed E-state index contributed by atoms with van der Waals surface area (Å²) in [6.07, 6.45) is 43.1. The van der Waals surface area contributed by atoms with Gasteiger partial charge in [0, 0.05) is 12.8 Å². The molecule has 0 fully saturated rings. The van der Waals surface area contributed by atoms with E-state index in [9.17, 15) is 19.0 Å². The number of rotatable bonds is 41. The summed E-state index contributed by atoms with van der Waals surface area (Å²) in [5, 5.41) is 0. The first-order chi connectivity index (χ1) is 27.0. The molecule has 0 aliphatic carbocycles. The normalized spacial score (nSPS) is 13.9. The molecule has 328 valence electrons. The first-order valence-corrected chi connectivity index (χ1v) is 24.2. The van der Waals surface area contributed by atoms with E-state index in [1.807, 2.05) is 21.1 Å². The fourth-order valence-corrected chi connectivity index (χ4v) is 6.75. The Morgan fingerprint density at radius 2 is 0.982 bits per heavy atom. The van der Waals surface area contributed by atoms with Crippen LogP contribution >= 0.6 is 7.82 Å². The van der Waals surface area contributed by atoms with Crippen molar-refractivity contribution in [3.8, 4) is 0 Å². The monoisotopic (exact) mass is 812 g/mol. The number of hydrogen-bond acceptors (Lipinski definition) is 8. The molecule has 0 aromatic carbocycles. The lowest BCUT2D eigenvalue weighted by atomic mass is 10.1. The topological polar surface area (TPSA) is 111 Å². The molecule has 0 aromatic heterocycles. The molecule has 0 radical (unpaired) electrons. The van der Waals surface area contributed by atoms with Crippen LogP contribution < -0.4 is 4.89 Å². The maximum atomic E-state index is 12.7. The van der Waals surface area contributed by atoms with Gasteiger partial charge >= 0.3 is 11.9 Å². The van der Waals surface area contributed by atoms with Crippen LogP contribution in [0.15, 0.2) is 36.5 Å². The average molecular weight is 812 g/mol. The zero-order chi connectivity index (χ0) is 41.4. The van der Waals surface area contributed by atoms with Gasteiger partial charge in [0.25, 0.3) is 7.82 Å². The fraction of sp³-hybridized carbons (Fsp3) is 0.826. The van der Waals surface area contributed by atoms with E-state index >= 15 is 0 Å². The summed E-state index contributed by atoms with van der Waals surface area (Å²) in [5.41, 5.74) is 0. The van der Waals surface area contributed by atoms with E-state index in [1.165, 1.54) is 83.5 Å². The number of unbranched alkanes of at least 4 members (excludes halogenated alkanes) is 21. The van der Waals surface area contributed by atoms with Crippen LogP contribution in [-0.4, -0.2) is 70.0 Å². The number of hydrogen-bond donors (Lipinski definition) is 0. The van der Waals surface area contributed by atoms with Gasteiger partial charge in [-0.1, -0.05) is 153 Å². The van der Waals surface area contributed by atoms with Crippen LogP contribution in [0.5, 0.6) is 0 Å². The predicted molar refractivity (Wildman–Crippen MR) is 231 cm³/mol. The molecule has 0 rings (SSSR count). The Hall–Kier alpha value is -1.77. The van der Waals surface area contributed by atoms with Gasteiger partial charge in [-0.2, -0.15) is 0 Å². The number of quaternary nitrogens is 1. The van der Waals surface area contributed by atoms with Crippen LogP contribution in [0.3, 0.4) is 0 Å². The number of ether oxygens (including phenoxy) is 2. The molecule has 10 heteroatoms. The minimum atomic E-state index is -4.63. The molecule has 0 N–H and O–H groups in total. The molecule has 0 saturated heterocycles. The highest BCUT2D eigenvalue weighted by Crippen LogP contribution is 2.38. The molecule has 0 bridgehead atoms. The smallest absolute Gasteiger partial charge is 0.306 e. The second-order valence-corrected chi connectivity index (χ2v) is 17.8. The molecule has 0 saturated carbocycles. The third-order valence-electron chi connectivity index (χ3n) is 9.63. The SMILES string of the molecule is CCCC/C=C\C/C=C\CCCCCCCC(=O)OC(COC(=O)CCCCCCCCC/C=C\CCCCCCCCC)COP(=O)([O-])OCC[N+](C)(C)C. The molecule has 0 amide bonds. The van der Waals surface area contributed by atoms with Gasteiger partial charge in [-0.15, -0.1) is 0 Å². The molecule has 2 unspecified atom stereocenters. The summed E-state index contributed by atoms with van der Waals surface area (Å²) >= 11 is 0. The van der Waals surface area contributed by atoms with E-state index in [-0.39, 0.29) is 26.1 Å². The highest BCUT2D eigenvalue weighted by molar-refractivity contribution is 7.45. The van der Waals surface area contributed by atoms with Gasteiger partial charge < -0.3 is 27.9 Å². The summed E-state index contributed by atoms with van der Waals surface area (Å²) < 4.78 is 33.9. The van der Waals surface area contributed by atoms with Crippen LogP contribution in [0, 0.1) is 0 Å². The van der Waals surface area contributed by atoms with Crippen molar-refractivity contribution in [2.45, 2.75) is 200 Å². The van der Waals surface area contributed by atoms with Gasteiger partial charge in [0.05, 0.1) is 27.7 Å². The molecule has 56 heavy (non-hydrogen) atoms. The van der Waals surface area contributed by atoms with Gasteiger partial charge in [-0.05, 0) is 64.2 Å². The van der Waals surface area contributed by atoms with Crippen LogP contribution in [0.2, 0.25) is 0 Å². The minimum absolute atomic E-state index is 0.0345. The van der Waals surface area contributed by atoms with E-state index < -0.39 is 32.5 Å². The van der Waals surface area contributed by atoms with Gasteiger partial charge in [0.15, 0.2) is 6.10 Å². The van der Waals surface area contributed by atoms with E-state index in [0.29, 0.717) is 17.4 Å². The number of phosphoric acid groups is 1. The van der Waals surface area contributed by atoms with Gasteiger partial charge in [0.1, 0.15) is 19.8 Å². The molecule has 9 nitrogen and oxygen atoms in total. The molecule has 0 aliphatic heterocycles. The average Bonchev–Trinajstić information content (AvgIpc) is 3.15. The van der Waals surface area contributed by atoms with Crippen molar-refractivity contribution >= 4 is 19.8 Å². The Morgan fingerprint density at radius 1 is 0.554 bits per heavy atom. The third kappa shape index (κ3) is 41.9.